The van der Waals surface area contributed by atoms with Crippen molar-refractivity contribution in [1.82, 2.24) is 20.7 Å². The van der Waals surface area contributed by atoms with E-state index in [0.29, 0.717) is 25.8 Å². The summed E-state index contributed by atoms with van der Waals surface area (Å²) >= 11 is 0. The molecule has 1 aromatic rings. The number of piperidine rings is 1. The van der Waals surface area contributed by atoms with Crippen LogP contribution in [0.1, 0.15) is 37.9 Å². The minimum atomic E-state index is -1.07. The number of aromatic nitrogens is 1. The third-order valence-corrected chi connectivity index (χ3v) is 5.00. The Morgan fingerprint density at radius 3 is 2.96 bits per heavy atom. The van der Waals surface area contributed by atoms with E-state index in [1.165, 1.54) is 0 Å². The van der Waals surface area contributed by atoms with Crippen molar-refractivity contribution in [3.8, 4) is 0 Å². The monoisotopic (exact) mass is 320 g/mol. The number of hydrogen-bond acceptors (Lipinski definition) is 6. The normalized spacial score (nSPS) is 34.6. The fourth-order valence-electron chi connectivity index (χ4n) is 3.29. The van der Waals surface area contributed by atoms with Gasteiger partial charge in [-0.1, -0.05) is 13.0 Å². The predicted molar refractivity (Wildman–Crippen MR) is 84.1 cm³/mol. The second-order valence-electron chi connectivity index (χ2n) is 6.39. The Bertz CT molecular complexity index is 556. The van der Waals surface area contributed by atoms with Crippen LogP contribution in [0.25, 0.3) is 0 Å². The molecule has 0 aliphatic carbocycles. The van der Waals surface area contributed by atoms with Crippen molar-refractivity contribution in [2.75, 3.05) is 13.1 Å². The zero-order chi connectivity index (χ0) is 16.4. The number of carbonyl (C=O) groups is 1. The molecule has 1 aromatic heterocycles. The van der Waals surface area contributed by atoms with Crippen LogP contribution >= 0.6 is 0 Å². The van der Waals surface area contributed by atoms with Gasteiger partial charge in [0.25, 0.3) is 0 Å². The molecule has 2 fully saturated rings. The summed E-state index contributed by atoms with van der Waals surface area (Å²) in [6, 6.07) is 5.36. The van der Waals surface area contributed by atoms with Crippen LogP contribution in [0, 0.1) is 0 Å². The zero-order valence-electron chi connectivity index (χ0n) is 13.3. The quantitative estimate of drug-likeness (QED) is 0.612. The maximum atomic E-state index is 12.6. The standard InChI is InChI=1S/C16H24N4O3/c1-2-16(23)6-8-20(10-14(16)21)15(22)13-9-12(18-19-13)11-5-3-4-7-17-11/h3-5,7,12-14,18-19,21,23H,2,6,8-10H2,1H3/t12?,13?,14-,16-/m1/s1. The number of nitrogens with zero attached hydrogens (tertiary/aromatic N) is 2. The number of likely N-dealkylation sites (tertiary alicyclic amines) is 1. The number of amides is 1. The minimum Gasteiger partial charge on any atom is -0.388 e. The first-order valence-electron chi connectivity index (χ1n) is 8.14. The summed E-state index contributed by atoms with van der Waals surface area (Å²) in [6.45, 7) is 2.49. The van der Waals surface area contributed by atoms with Gasteiger partial charge in [-0.05, 0) is 31.4 Å². The van der Waals surface area contributed by atoms with Crippen molar-refractivity contribution in [2.45, 2.75) is 50.0 Å². The third kappa shape index (κ3) is 3.23. The molecule has 4 N–H and O–H groups in total. The molecule has 2 aliphatic heterocycles. The van der Waals surface area contributed by atoms with Crippen molar-refractivity contribution in [3.63, 3.8) is 0 Å². The second-order valence-corrected chi connectivity index (χ2v) is 6.39. The molecule has 2 aliphatic rings. The second kappa shape index (κ2) is 6.52. The smallest absolute Gasteiger partial charge is 0.241 e. The molecule has 7 nitrogen and oxygen atoms in total. The fourth-order valence-corrected chi connectivity index (χ4v) is 3.29. The summed E-state index contributed by atoms with van der Waals surface area (Å²) in [5.41, 5.74) is 5.96. The fraction of sp³-hybridized carbons (Fsp3) is 0.625. The Morgan fingerprint density at radius 1 is 1.48 bits per heavy atom. The number of carbonyl (C=O) groups excluding carboxylic acids is 1. The maximum absolute atomic E-state index is 12.6. The predicted octanol–water partition coefficient (Wildman–Crippen LogP) is -0.276. The Balaban J connectivity index is 1.60. The first kappa shape index (κ1) is 16.3. The van der Waals surface area contributed by atoms with Crippen LogP contribution in [-0.4, -0.2) is 56.8 Å². The molecule has 7 heteroatoms. The van der Waals surface area contributed by atoms with Gasteiger partial charge in [0.05, 0.1) is 17.3 Å². The molecule has 1 amide bonds. The number of rotatable bonds is 3. The summed E-state index contributed by atoms with van der Waals surface area (Å²) in [4.78, 5) is 18.6. The highest BCUT2D eigenvalue weighted by Gasteiger charge is 2.42. The van der Waals surface area contributed by atoms with Gasteiger partial charge in [0.15, 0.2) is 0 Å². The highest BCUT2D eigenvalue weighted by atomic mass is 16.3. The van der Waals surface area contributed by atoms with E-state index in [0.717, 1.165) is 5.69 Å². The molecular formula is C16H24N4O3. The van der Waals surface area contributed by atoms with E-state index in [-0.39, 0.29) is 24.5 Å². The van der Waals surface area contributed by atoms with Crippen molar-refractivity contribution in [2.24, 2.45) is 0 Å². The highest BCUT2D eigenvalue weighted by molar-refractivity contribution is 5.82. The van der Waals surface area contributed by atoms with Gasteiger partial charge in [0, 0.05) is 19.3 Å². The Morgan fingerprint density at radius 2 is 2.30 bits per heavy atom. The molecule has 2 saturated heterocycles. The number of nitrogens with one attached hydrogen (secondary N) is 2. The SMILES string of the molecule is CC[C@@]1(O)CCN(C(=O)C2CC(c3ccccn3)NN2)C[C@H]1O. The summed E-state index contributed by atoms with van der Waals surface area (Å²) in [7, 11) is 0. The average molecular weight is 320 g/mol. The molecule has 23 heavy (non-hydrogen) atoms. The number of pyridine rings is 1. The van der Waals surface area contributed by atoms with Crippen molar-refractivity contribution >= 4 is 5.91 Å². The van der Waals surface area contributed by atoms with E-state index in [1.807, 2.05) is 25.1 Å². The number of aliphatic hydroxyl groups is 2. The van der Waals surface area contributed by atoms with Gasteiger partial charge < -0.3 is 15.1 Å². The first-order valence-corrected chi connectivity index (χ1v) is 8.14. The van der Waals surface area contributed by atoms with Crippen LogP contribution in [-0.2, 0) is 4.79 Å². The molecule has 2 unspecified atom stereocenters. The van der Waals surface area contributed by atoms with Gasteiger partial charge in [-0.3, -0.25) is 9.78 Å². The van der Waals surface area contributed by atoms with Gasteiger partial charge in [0.1, 0.15) is 12.1 Å². The van der Waals surface area contributed by atoms with Gasteiger partial charge >= 0.3 is 0 Å². The molecule has 0 spiro atoms. The number of aliphatic hydroxyl groups excluding tert-OH is 1. The lowest BCUT2D eigenvalue weighted by Crippen LogP contribution is -2.59. The molecule has 0 radical (unpaired) electrons. The zero-order valence-corrected chi connectivity index (χ0v) is 13.3. The van der Waals surface area contributed by atoms with Crippen LogP contribution in [0.3, 0.4) is 0 Å². The summed E-state index contributed by atoms with van der Waals surface area (Å²) < 4.78 is 0. The van der Waals surface area contributed by atoms with E-state index < -0.39 is 11.7 Å². The Kier molecular flexibility index (Phi) is 4.63. The van der Waals surface area contributed by atoms with Crippen LogP contribution in [0.4, 0.5) is 0 Å². The van der Waals surface area contributed by atoms with Crippen LogP contribution in [0.5, 0.6) is 0 Å². The van der Waals surface area contributed by atoms with Gasteiger partial charge in [-0.25, -0.2) is 10.9 Å². The molecule has 3 rings (SSSR count). The maximum Gasteiger partial charge on any atom is 0.241 e. The van der Waals surface area contributed by atoms with Crippen molar-refractivity contribution in [3.05, 3.63) is 30.1 Å². The lowest BCUT2D eigenvalue weighted by atomic mass is 9.86. The topological polar surface area (TPSA) is 97.7 Å². The van der Waals surface area contributed by atoms with E-state index >= 15 is 0 Å². The highest BCUT2D eigenvalue weighted by Crippen LogP contribution is 2.27. The van der Waals surface area contributed by atoms with E-state index in [9.17, 15) is 15.0 Å². The molecule has 0 aromatic carbocycles. The summed E-state index contributed by atoms with van der Waals surface area (Å²) in [6.07, 6.45) is 2.34. The number of hydrogen-bond donors (Lipinski definition) is 4. The van der Waals surface area contributed by atoms with E-state index in [4.69, 9.17) is 0 Å². The first-order chi connectivity index (χ1) is 11.0. The summed E-state index contributed by atoms with van der Waals surface area (Å²) in [5.74, 6) is -0.0480. The van der Waals surface area contributed by atoms with Crippen molar-refractivity contribution < 1.29 is 15.0 Å². The molecule has 0 bridgehead atoms. The average Bonchev–Trinajstić information content (AvgIpc) is 3.07. The largest absolute Gasteiger partial charge is 0.388 e. The third-order valence-electron chi connectivity index (χ3n) is 5.00. The lowest BCUT2D eigenvalue weighted by Gasteiger charge is -2.42. The van der Waals surface area contributed by atoms with Crippen LogP contribution in [0.2, 0.25) is 0 Å². The van der Waals surface area contributed by atoms with Crippen LogP contribution in [0.15, 0.2) is 24.4 Å². The van der Waals surface area contributed by atoms with E-state index in [2.05, 4.69) is 15.8 Å². The van der Waals surface area contributed by atoms with Crippen LogP contribution < -0.4 is 10.9 Å². The van der Waals surface area contributed by atoms with E-state index in [1.54, 1.807) is 11.1 Å². The summed E-state index contributed by atoms with van der Waals surface area (Å²) in [5, 5.41) is 20.4. The Hall–Kier alpha value is -1.54. The molecule has 126 valence electrons. The Labute approximate surface area is 135 Å². The minimum absolute atomic E-state index is 0.00700. The molecule has 0 saturated carbocycles. The number of hydrazine groups is 1. The number of β-amino-alcohol motifs (C(OH)–C–C–N with tert-alkyl or cyclic N) is 1. The molecule has 4 atom stereocenters. The molecule has 3 heterocycles. The van der Waals surface area contributed by atoms with Gasteiger partial charge in [-0.2, -0.15) is 0 Å². The van der Waals surface area contributed by atoms with Gasteiger partial charge in [-0.15, -0.1) is 0 Å². The lowest BCUT2D eigenvalue weighted by molar-refractivity contribution is -0.151. The van der Waals surface area contributed by atoms with Crippen molar-refractivity contribution in [1.29, 1.82) is 0 Å². The van der Waals surface area contributed by atoms with Gasteiger partial charge in [0.2, 0.25) is 5.91 Å². The molecular weight excluding hydrogens is 296 g/mol.